The molecule has 0 aliphatic carbocycles. The zero-order valence-corrected chi connectivity index (χ0v) is 8.44. The molecule has 4 heteroatoms. The van der Waals surface area contributed by atoms with E-state index >= 15 is 0 Å². The predicted molar refractivity (Wildman–Crippen MR) is 57.1 cm³/mol. The second-order valence-corrected chi connectivity index (χ2v) is 4.74. The molecule has 2 heterocycles. The Balaban J connectivity index is 2.24. The molecule has 0 aliphatic rings. The van der Waals surface area contributed by atoms with Gasteiger partial charge in [-0.05, 0) is 17.5 Å². The van der Waals surface area contributed by atoms with E-state index in [0.717, 1.165) is 10.6 Å². The van der Waals surface area contributed by atoms with Gasteiger partial charge in [0.05, 0.1) is 16.1 Å². The van der Waals surface area contributed by atoms with Gasteiger partial charge in [-0.3, -0.25) is 4.98 Å². The van der Waals surface area contributed by atoms with E-state index in [-0.39, 0.29) is 0 Å². The van der Waals surface area contributed by atoms with E-state index in [4.69, 9.17) is 5.73 Å². The van der Waals surface area contributed by atoms with Crippen LogP contribution in [0.4, 0.5) is 5.69 Å². The van der Waals surface area contributed by atoms with Gasteiger partial charge in [0.1, 0.15) is 0 Å². The van der Waals surface area contributed by atoms with Gasteiger partial charge < -0.3 is 5.73 Å². The van der Waals surface area contributed by atoms with Gasteiger partial charge in [-0.15, -0.1) is 11.3 Å². The normalized spacial score (nSPS) is 10.2. The smallest absolute Gasteiger partial charge is 0.0647 e. The first-order valence-electron chi connectivity index (χ1n) is 3.77. The summed E-state index contributed by atoms with van der Waals surface area (Å²) in [5, 5.41) is 2.06. The molecule has 0 bridgehead atoms. The fourth-order valence-corrected chi connectivity index (χ4v) is 2.66. The summed E-state index contributed by atoms with van der Waals surface area (Å²) in [6, 6.07) is 6.04. The first-order chi connectivity index (χ1) is 6.36. The van der Waals surface area contributed by atoms with Gasteiger partial charge in [0.25, 0.3) is 0 Å². The van der Waals surface area contributed by atoms with E-state index in [1.807, 2.05) is 12.1 Å². The number of hydrogen-bond acceptors (Lipinski definition) is 4. The van der Waals surface area contributed by atoms with Crippen molar-refractivity contribution in [1.29, 1.82) is 0 Å². The van der Waals surface area contributed by atoms with Crippen molar-refractivity contribution in [2.45, 2.75) is 9.10 Å². The summed E-state index contributed by atoms with van der Waals surface area (Å²) < 4.78 is 1.25. The molecule has 66 valence electrons. The molecule has 2 aromatic rings. The van der Waals surface area contributed by atoms with Gasteiger partial charge in [-0.2, -0.15) is 0 Å². The van der Waals surface area contributed by atoms with Crippen molar-refractivity contribution < 1.29 is 0 Å². The number of anilines is 1. The number of rotatable bonds is 2. The summed E-state index contributed by atoms with van der Waals surface area (Å²) in [6.45, 7) is 0. The highest BCUT2D eigenvalue weighted by Crippen LogP contribution is 2.33. The molecule has 2 N–H and O–H groups in total. The maximum absolute atomic E-state index is 5.76. The number of aromatic nitrogens is 1. The minimum atomic E-state index is 0.737. The fraction of sp³-hybridized carbons (Fsp3) is 0. The number of nitrogen functional groups attached to an aromatic ring is 1. The van der Waals surface area contributed by atoms with Gasteiger partial charge in [0.15, 0.2) is 0 Å². The Labute approximate surface area is 84.8 Å². The van der Waals surface area contributed by atoms with Gasteiger partial charge in [0, 0.05) is 11.1 Å². The van der Waals surface area contributed by atoms with Crippen LogP contribution in [0.15, 0.2) is 45.1 Å². The van der Waals surface area contributed by atoms with Crippen LogP contribution in [-0.2, 0) is 0 Å². The Kier molecular flexibility index (Phi) is 2.52. The molecular weight excluding hydrogens is 200 g/mol. The second kappa shape index (κ2) is 3.81. The predicted octanol–water partition coefficient (Wildman–Crippen LogP) is 2.88. The Bertz CT molecular complexity index is 384. The third-order valence-electron chi connectivity index (χ3n) is 1.52. The number of nitrogens with two attached hydrogens (primary N) is 1. The Morgan fingerprint density at radius 2 is 2.31 bits per heavy atom. The summed E-state index contributed by atoms with van der Waals surface area (Å²) in [5.74, 6) is 0. The van der Waals surface area contributed by atoms with E-state index < -0.39 is 0 Å². The first-order valence-corrected chi connectivity index (χ1v) is 5.47. The van der Waals surface area contributed by atoms with Crippen LogP contribution in [0.3, 0.4) is 0 Å². The number of pyridine rings is 1. The molecule has 0 atom stereocenters. The van der Waals surface area contributed by atoms with Crippen molar-refractivity contribution >= 4 is 28.8 Å². The van der Waals surface area contributed by atoms with Gasteiger partial charge in [-0.25, -0.2) is 0 Å². The van der Waals surface area contributed by atoms with Crippen molar-refractivity contribution in [1.82, 2.24) is 4.98 Å². The van der Waals surface area contributed by atoms with Crippen molar-refractivity contribution in [2.24, 2.45) is 0 Å². The van der Waals surface area contributed by atoms with E-state index in [2.05, 4.69) is 16.4 Å². The summed E-state index contributed by atoms with van der Waals surface area (Å²) in [5.41, 5.74) is 6.50. The lowest BCUT2D eigenvalue weighted by Crippen LogP contribution is -1.88. The number of nitrogens with zero attached hydrogens (tertiary/aromatic N) is 1. The van der Waals surface area contributed by atoms with Gasteiger partial charge in [-0.1, -0.05) is 17.8 Å². The summed E-state index contributed by atoms with van der Waals surface area (Å²) in [4.78, 5) is 5.01. The summed E-state index contributed by atoms with van der Waals surface area (Å²) >= 11 is 3.39. The van der Waals surface area contributed by atoms with Crippen LogP contribution in [0.25, 0.3) is 0 Å². The number of thiophene rings is 1. The molecular formula is C9H8N2S2. The molecule has 0 aromatic carbocycles. The molecule has 2 nitrogen and oxygen atoms in total. The maximum atomic E-state index is 5.76. The standard InChI is InChI=1S/C9H8N2S2/c10-7-6-11-4-3-8(7)13-9-2-1-5-12-9/h1-6H,10H2. The second-order valence-electron chi connectivity index (χ2n) is 2.45. The molecule has 2 aromatic heterocycles. The van der Waals surface area contributed by atoms with Crippen LogP contribution in [-0.4, -0.2) is 4.98 Å². The first kappa shape index (κ1) is 8.59. The minimum Gasteiger partial charge on any atom is -0.397 e. The lowest BCUT2D eigenvalue weighted by molar-refractivity contribution is 1.27. The van der Waals surface area contributed by atoms with Crippen LogP contribution in [0.5, 0.6) is 0 Å². The Hall–Kier alpha value is -1.00. The van der Waals surface area contributed by atoms with Crippen LogP contribution in [0.2, 0.25) is 0 Å². The molecule has 13 heavy (non-hydrogen) atoms. The third-order valence-corrected chi connectivity index (χ3v) is 3.64. The average Bonchev–Trinajstić information content (AvgIpc) is 2.61. The molecule has 0 radical (unpaired) electrons. The number of hydrogen-bond donors (Lipinski definition) is 1. The molecule has 0 amide bonds. The van der Waals surface area contributed by atoms with E-state index in [0.29, 0.717) is 0 Å². The van der Waals surface area contributed by atoms with E-state index in [1.54, 1.807) is 35.5 Å². The van der Waals surface area contributed by atoms with Crippen molar-refractivity contribution in [3.8, 4) is 0 Å². The zero-order chi connectivity index (χ0) is 9.10. The highest BCUT2D eigenvalue weighted by atomic mass is 32.2. The van der Waals surface area contributed by atoms with Gasteiger partial charge >= 0.3 is 0 Å². The van der Waals surface area contributed by atoms with Gasteiger partial charge in [0.2, 0.25) is 0 Å². The van der Waals surface area contributed by atoms with Crippen molar-refractivity contribution in [3.05, 3.63) is 36.0 Å². The highest BCUT2D eigenvalue weighted by Gasteiger charge is 2.01. The maximum Gasteiger partial charge on any atom is 0.0647 e. The van der Waals surface area contributed by atoms with Crippen molar-refractivity contribution in [2.75, 3.05) is 5.73 Å². The lowest BCUT2D eigenvalue weighted by atomic mass is 10.4. The third kappa shape index (κ3) is 2.02. The highest BCUT2D eigenvalue weighted by molar-refractivity contribution is 8.01. The average molecular weight is 208 g/mol. The Morgan fingerprint density at radius 3 is 3.00 bits per heavy atom. The summed E-state index contributed by atoms with van der Waals surface area (Å²) in [6.07, 6.45) is 3.43. The van der Waals surface area contributed by atoms with Crippen molar-refractivity contribution in [3.63, 3.8) is 0 Å². The van der Waals surface area contributed by atoms with Crippen LogP contribution in [0.1, 0.15) is 0 Å². The minimum absolute atomic E-state index is 0.737. The molecule has 0 unspecified atom stereocenters. The molecule has 0 saturated heterocycles. The van der Waals surface area contributed by atoms with Crippen LogP contribution >= 0.6 is 23.1 Å². The quantitative estimate of drug-likeness (QED) is 0.824. The zero-order valence-electron chi connectivity index (χ0n) is 6.81. The largest absolute Gasteiger partial charge is 0.397 e. The summed E-state index contributed by atoms with van der Waals surface area (Å²) in [7, 11) is 0. The van der Waals surface area contributed by atoms with Crippen LogP contribution in [0, 0.1) is 0 Å². The van der Waals surface area contributed by atoms with Crippen LogP contribution < -0.4 is 5.73 Å². The molecule has 2 rings (SSSR count). The fourth-order valence-electron chi connectivity index (χ4n) is 0.917. The lowest BCUT2D eigenvalue weighted by Gasteiger charge is -2.00. The van der Waals surface area contributed by atoms with E-state index in [9.17, 15) is 0 Å². The van der Waals surface area contributed by atoms with E-state index in [1.165, 1.54) is 4.21 Å². The Morgan fingerprint density at radius 1 is 1.38 bits per heavy atom. The molecule has 0 saturated carbocycles. The molecule has 0 aliphatic heterocycles. The molecule has 0 spiro atoms. The monoisotopic (exact) mass is 208 g/mol. The topological polar surface area (TPSA) is 38.9 Å². The molecule has 0 fully saturated rings. The SMILES string of the molecule is Nc1cnccc1Sc1cccs1.